The Morgan fingerprint density at radius 1 is 1.24 bits per heavy atom. The molecule has 0 unspecified atom stereocenters. The number of aromatic amines is 1. The van der Waals surface area contributed by atoms with Crippen molar-refractivity contribution in [2.45, 2.75) is 6.92 Å². The Balaban J connectivity index is 1.61. The van der Waals surface area contributed by atoms with Gasteiger partial charge in [0.1, 0.15) is 5.84 Å². The summed E-state index contributed by atoms with van der Waals surface area (Å²) < 4.78 is 16.3. The number of hydrogen-bond donors (Lipinski definition) is 2. The highest BCUT2D eigenvalue weighted by Gasteiger charge is 2.30. The topological polar surface area (TPSA) is 76.6 Å². The lowest BCUT2D eigenvalue weighted by atomic mass is 9.94. The number of carbonyl (C=O) groups excluding carboxylic acids is 1. The number of amides is 1. The van der Waals surface area contributed by atoms with Gasteiger partial charge in [0, 0.05) is 54.0 Å². The van der Waals surface area contributed by atoms with E-state index in [2.05, 4.69) is 33.6 Å². The lowest BCUT2D eigenvalue weighted by Gasteiger charge is -2.36. The van der Waals surface area contributed by atoms with E-state index in [0.29, 0.717) is 66.6 Å². The molecule has 34 heavy (non-hydrogen) atoms. The van der Waals surface area contributed by atoms with Crippen LogP contribution in [0.15, 0.2) is 54.3 Å². The van der Waals surface area contributed by atoms with E-state index in [-0.39, 0.29) is 10.9 Å². The van der Waals surface area contributed by atoms with Gasteiger partial charge in [0.2, 0.25) is 5.91 Å². The summed E-state index contributed by atoms with van der Waals surface area (Å²) in [6.45, 7) is 12.0. The fraction of sp³-hybridized carbons (Fsp3) is 0.240. The van der Waals surface area contributed by atoms with Gasteiger partial charge in [-0.25, -0.2) is 4.39 Å². The van der Waals surface area contributed by atoms with Gasteiger partial charge in [-0.15, -0.1) is 0 Å². The first kappa shape index (κ1) is 22.2. The first-order valence-electron chi connectivity index (χ1n) is 11.0. The highest BCUT2D eigenvalue weighted by molar-refractivity contribution is 6.34. The molecule has 5 rings (SSSR count). The minimum atomic E-state index is -0.462. The number of H-pyrrole nitrogens is 1. The normalized spacial score (nSPS) is 16.1. The molecule has 0 radical (unpaired) electrons. The van der Waals surface area contributed by atoms with Gasteiger partial charge >= 0.3 is 0 Å². The number of hydrogen-bond acceptors (Lipinski definition) is 5. The molecule has 174 valence electrons. The minimum Gasteiger partial charge on any atom is -0.355 e. The van der Waals surface area contributed by atoms with Crippen molar-refractivity contribution in [2.75, 3.05) is 38.0 Å². The predicted octanol–water partition coefficient (Wildman–Crippen LogP) is 4.35. The molecule has 1 saturated heterocycles. The first-order chi connectivity index (χ1) is 16.4. The molecule has 1 amide bonds. The van der Waals surface area contributed by atoms with Crippen molar-refractivity contribution < 1.29 is 9.18 Å². The van der Waals surface area contributed by atoms with Crippen LogP contribution in [0.2, 0.25) is 5.02 Å². The highest BCUT2D eigenvalue weighted by atomic mass is 35.5. The van der Waals surface area contributed by atoms with Gasteiger partial charge in [0.15, 0.2) is 5.82 Å². The number of amidine groups is 1. The Morgan fingerprint density at radius 2 is 2.00 bits per heavy atom. The van der Waals surface area contributed by atoms with Crippen molar-refractivity contribution in [1.82, 2.24) is 20.0 Å². The summed E-state index contributed by atoms with van der Waals surface area (Å²) in [6.07, 6.45) is 3.00. The second-order valence-electron chi connectivity index (χ2n) is 8.44. The smallest absolute Gasteiger partial charge is 0.246 e. The maximum atomic E-state index is 16.3. The molecule has 0 spiro atoms. The molecule has 0 aliphatic carbocycles. The van der Waals surface area contributed by atoms with Crippen LogP contribution in [0.3, 0.4) is 0 Å². The van der Waals surface area contributed by atoms with Gasteiger partial charge in [0.05, 0.1) is 29.0 Å². The molecule has 2 N–H and O–H groups in total. The van der Waals surface area contributed by atoms with Crippen LogP contribution in [0.5, 0.6) is 0 Å². The molecule has 9 heteroatoms. The average Bonchev–Trinajstić information content (AvgIpc) is 3.24. The Morgan fingerprint density at radius 3 is 2.74 bits per heavy atom. The number of aromatic nitrogens is 2. The zero-order valence-corrected chi connectivity index (χ0v) is 19.5. The molecule has 0 saturated carbocycles. The van der Waals surface area contributed by atoms with Crippen LogP contribution in [0.25, 0.3) is 22.0 Å². The molecule has 7 nitrogen and oxygen atoms in total. The van der Waals surface area contributed by atoms with Crippen LogP contribution in [0, 0.1) is 12.7 Å². The fourth-order valence-corrected chi connectivity index (χ4v) is 4.90. The number of aryl methyl sites for hydroxylation is 1. The quantitative estimate of drug-likeness (QED) is 0.537. The number of fused-ring (bicyclic) bond motifs is 2. The number of nitrogens with one attached hydrogen (secondary N) is 2. The van der Waals surface area contributed by atoms with Crippen molar-refractivity contribution in [3.05, 3.63) is 71.3 Å². The van der Waals surface area contributed by atoms with E-state index in [1.54, 1.807) is 17.2 Å². The van der Waals surface area contributed by atoms with Gasteiger partial charge < -0.3 is 15.1 Å². The van der Waals surface area contributed by atoms with Crippen molar-refractivity contribution in [1.29, 1.82) is 0 Å². The lowest BCUT2D eigenvalue weighted by Crippen LogP contribution is -2.50. The number of rotatable bonds is 2. The molecular formula is C25H24ClFN6O. The number of halogens is 2. The molecule has 1 fully saturated rings. The third kappa shape index (κ3) is 3.64. The van der Waals surface area contributed by atoms with E-state index in [4.69, 9.17) is 16.6 Å². The Kier molecular flexibility index (Phi) is 5.61. The number of piperazine rings is 1. The molecule has 0 bridgehead atoms. The van der Waals surface area contributed by atoms with E-state index in [9.17, 15) is 4.79 Å². The van der Waals surface area contributed by atoms with Crippen LogP contribution in [0.1, 0.15) is 11.1 Å². The summed E-state index contributed by atoms with van der Waals surface area (Å²) in [4.78, 5) is 20.5. The second kappa shape index (κ2) is 8.61. The van der Waals surface area contributed by atoms with Gasteiger partial charge in [-0.1, -0.05) is 30.8 Å². The van der Waals surface area contributed by atoms with Crippen molar-refractivity contribution >= 4 is 39.9 Å². The van der Waals surface area contributed by atoms with Crippen LogP contribution >= 0.6 is 11.6 Å². The monoisotopic (exact) mass is 478 g/mol. The molecule has 0 atom stereocenters. The van der Waals surface area contributed by atoms with Crippen molar-refractivity contribution in [3.63, 3.8) is 0 Å². The lowest BCUT2D eigenvalue weighted by molar-refractivity contribution is -0.127. The van der Waals surface area contributed by atoms with Gasteiger partial charge in [-0.3, -0.25) is 14.9 Å². The van der Waals surface area contributed by atoms with E-state index >= 15 is 4.39 Å². The Bertz CT molecular complexity index is 1370. The van der Waals surface area contributed by atoms with E-state index in [1.165, 1.54) is 6.08 Å². The summed E-state index contributed by atoms with van der Waals surface area (Å²) in [6, 6.07) is 5.60. The summed E-state index contributed by atoms with van der Waals surface area (Å²) >= 11 is 6.76. The Labute approximate surface area is 201 Å². The Hall–Kier alpha value is -3.65. The van der Waals surface area contributed by atoms with Crippen molar-refractivity contribution in [2.24, 2.45) is 4.99 Å². The summed E-state index contributed by atoms with van der Waals surface area (Å²) in [5, 5.41) is 11.3. The zero-order chi connectivity index (χ0) is 24.0. The molecule has 1 aromatic heterocycles. The van der Waals surface area contributed by atoms with Crippen LogP contribution in [-0.2, 0) is 4.79 Å². The summed E-state index contributed by atoms with van der Waals surface area (Å²) in [5.74, 6) is 0.0772. The second-order valence-corrected chi connectivity index (χ2v) is 8.85. The molecule has 3 heterocycles. The maximum Gasteiger partial charge on any atom is 0.246 e. The molecular weight excluding hydrogens is 455 g/mol. The highest BCUT2D eigenvalue weighted by Crippen LogP contribution is 2.42. The number of carbonyl (C=O) groups is 1. The van der Waals surface area contributed by atoms with Gasteiger partial charge in [-0.2, -0.15) is 5.10 Å². The maximum absolute atomic E-state index is 16.3. The molecule has 3 aromatic rings. The third-order valence-electron chi connectivity index (χ3n) is 6.33. The molecule has 2 aliphatic rings. The van der Waals surface area contributed by atoms with E-state index in [0.717, 1.165) is 16.5 Å². The zero-order valence-electron chi connectivity index (χ0n) is 18.8. The third-order valence-corrected chi connectivity index (χ3v) is 6.63. The van der Waals surface area contributed by atoms with Gasteiger partial charge in [0.25, 0.3) is 0 Å². The van der Waals surface area contributed by atoms with E-state index < -0.39 is 5.82 Å². The predicted molar refractivity (Wildman–Crippen MR) is 134 cm³/mol. The molecule has 2 aromatic carbocycles. The largest absolute Gasteiger partial charge is 0.355 e. The van der Waals surface area contributed by atoms with Crippen molar-refractivity contribution in [3.8, 4) is 11.1 Å². The fourth-order valence-electron chi connectivity index (χ4n) is 4.62. The molecule has 2 aliphatic heterocycles. The SMILES string of the molecule is C=CC(=O)N1CCN(C2=NCC(=C)Nc3c2cc(Cl)c(-c2c(C)ccc4[nH]ncc24)c3F)CC1. The van der Waals surface area contributed by atoms with E-state index in [1.807, 2.05) is 19.1 Å². The van der Waals surface area contributed by atoms with Crippen LogP contribution < -0.4 is 5.32 Å². The number of aliphatic imine (C=N–C) groups is 1. The first-order valence-corrected chi connectivity index (χ1v) is 11.4. The average molecular weight is 479 g/mol. The number of anilines is 1. The number of benzodiazepines with no additional fused rings is 1. The summed E-state index contributed by atoms with van der Waals surface area (Å²) in [5.41, 5.74) is 4.16. The van der Waals surface area contributed by atoms with Gasteiger partial charge in [-0.05, 0) is 30.7 Å². The standard InChI is InChI=1S/C25H24ClFN6O/c1-4-20(34)32-7-9-33(10-8-32)25-16-11-18(26)22(23(27)24(16)30-15(3)12-28-25)21-14(2)5-6-19-17(21)13-29-31-19/h4-6,11,13,30H,1,3,7-10,12H2,2H3,(H,29,31). The minimum absolute atomic E-state index is 0.0968. The van der Waals surface area contributed by atoms with Crippen LogP contribution in [-0.4, -0.2) is 64.5 Å². The number of nitrogens with zero attached hydrogens (tertiary/aromatic N) is 4. The summed E-state index contributed by atoms with van der Waals surface area (Å²) in [7, 11) is 0. The number of benzene rings is 2. The van der Waals surface area contributed by atoms with Crippen LogP contribution in [0.4, 0.5) is 10.1 Å².